The summed E-state index contributed by atoms with van der Waals surface area (Å²) >= 11 is 0. The van der Waals surface area contributed by atoms with Crippen LogP contribution in [-0.2, 0) is 9.59 Å². The van der Waals surface area contributed by atoms with E-state index in [4.69, 9.17) is 4.74 Å². The number of hydrogen-bond acceptors (Lipinski definition) is 4. The summed E-state index contributed by atoms with van der Waals surface area (Å²) in [5.41, 5.74) is 1.90. The summed E-state index contributed by atoms with van der Waals surface area (Å²) in [6.07, 6.45) is 8.09. The maximum Gasteiger partial charge on any atom is 0.227 e. The first kappa shape index (κ1) is 23.6. The van der Waals surface area contributed by atoms with E-state index in [-0.39, 0.29) is 24.7 Å². The summed E-state index contributed by atoms with van der Waals surface area (Å²) in [7, 11) is 0. The molecule has 3 rings (SSSR count). The van der Waals surface area contributed by atoms with E-state index < -0.39 is 0 Å². The number of nitrogens with zero attached hydrogens (tertiary/aromatic N) is 2. The van der Waals surface area contributed by atoms with Crippen LogP contribution < -0.4 is 15.0 Å². The standard InChI is InChI=1S/C25H39N3O3/c1-4-20(3)27(21-8-6-5-7-9-21)15-14-26-24(29)12-13-25(30)28-16-17-31-23-11-10-19(2)18-22(23)28/h10-11,18,20-21H,4-9,12-17H2,1-3H3,(H,26,29)/t20-/m1/s1. The van der Waals surface area contributed by atoms with E-state index in [0.717, 1.165) is 30.0 Å². The third-order valence-corrected chi connectivity index (χ3v) is 6.74. The number of hydrogen-bond donors (Lipinski definition) is 1. The molecule has 0 unspecified atom stereocenters. The first-order valence-electron chi connectivity index (χ1n) is 12.1. The van der Waals surface area contributed by atoms with Crippen LogP contribution in [-0.4, -0.2) is 55.0 Å². The largest absolute Gasteiger partial charge is 0.490 e. The van der Waals surface area contributed by atoms with Crippen LogP contribution in [0.1, 0.15) is 70.8 Å². The Morgan fingerprint density at radius 1 is 1.23 bits per heavy atom. The van der Waals surface area contributed by atoms with Gasteiger partial charge in [0.1, 0.15) is 12.4 Å². The van der Waals surface area contributed by atoms with Crippen molar-refractivity contribution in [3.63, 3.8) is 0 Å². The van der Waals surface area contributed by atoms with Crippen molar-refractivity contribution in [3.05, 3.63) is 23.8 Å². The molecule has 1 aromatic carbocycles. The van der Waals surface area contributed by atoms with Gasteiger partial charge in [0.25, 0.3) is 0 Å². The zero-order valence-corrected chi connectivity index (χ0v) is 19.5. The van der Waals surface area contributed by atoms with Crippen molar-refractivity contribution in [2.24, 2.45) is 0 Å². The van der Waals surface area contributed by atoms with Gasteiger partial charge in [-0.05, 0) is 50.8 Å². The zero-order valence-electron chi connectivity index (χ0n) is 19.5. The molecule has 31 heavy (non-hydrogen) atoms. The van der Waals surface area contributed by atoms with Gasteiger partial charge in [-0.3, -0.25) is 14.5 Å². The molecule has 1 aromatic rings. The minimum absolute atomic E-state index is 0.0197. The van der Waals surface area contributed by atoms with Crippen molar-refractivity contribution in [1.82, 2.24) is 10.2 Å². The number of benzene rings is 1. The van der Waals surface area contributed by atoms with E-state index >= 15 is 0 Å². The Bertz CT molecular complexity index is 746. The maximum atomic E-state index is 12.8. The van der Waals surface area contributed by atoms with Gasteiger partial charge in [-0.2, -0.15) is 0 Å². The third kappa shape index (κ3) is 6.45. The van der Waals surface area contributed by atoms with Crippen LogP contribution in [0.3, 0.4) is 0 Å². The third-order valence-electron chi connectivity index (χ3n) is 6.74. The normalized spacial score (nSPS) is 17.7. The molecule has 0 bridgehead atoms. The average molecular weight is 430 g/mol. The maximum absolute atomic E-state index is 12.8. The Kier molecular flexibility index (Phi) is 8.76. The Morgan fingerprint density at radius 2 is 2.00 bits per heavy atom. The van der Waals surface area contributed by atoms with Crippen LogP contribution in [0.5, 0.6) is 5.75 Å². The molecule has 1 heterocycles. The van der Waals surface area contributed by atoms with Gasteiger partial charge in [0, 0.05) is 38.0 Å². The van der Waals surface area contributed by atoms with E-state index in [1.807, 2.05) is 25.1 Å². The number of carbonyl (C=O) groups excluding carboxylic acids is 2. The van der Waals surface area contributed by atoms with Crippen LogP contribution in [0.25, 0.3) is 0 Å². The van der Waals surface area contributed by atoms with Crippen LogP contribution in [0.15, 0.2) is 18.2 Å². The number of aryl methyl sites for hydroxylation is 1. The van der Waals surface area contributed by atoms with E-state index in [9.17, 15) is 9.59 Å². The van der Waals surface area contributed by atoms with Gasteiger partial charge in [0.2, 0.25) is 11.8 Å². The second kappa shape index (κ2) is 11.5. The Morgan fingerprint density at radius 3 is 2.74 bits per heavy atom. The minimum Gasteiger partial charge on any atom is -0.490 e. The Labute approximate surface area is 187 Å². The molecule has 1 fully saturated rings. The van der Waals surface area contributed by atoms with Crippen molar-refractivity contribution >= 4 is 17.5 Å². The number of rotatable bonds is 9. The fourth-order valence-electron chi connectivity index (χ4n) is 4.77. The molecule has 0 aromatic heterocycles. The highest BCUT2D eigenvalue weighted by Crippen LogP contribution is 2.32. The second-order valence-corrected chi connectivity index (χ2v) is 9.00. The van der Waals surface area contributed by atoms with Gasteiger partial charge in [0.05, 0.1) is 12.2 Å². The molecule has 2 aliphatic rings. The highest BCUT2D eigenvalue weighted by Gasteiger charge is 2.25. The number of ether oxygens (including phenoxy) is 1. The summed E-state index contributed by atoms with van der Waals surface area (Å²) in [4.78, 5) is 29.5. The summed E-state index contributed by atoms with van der Waals surface area (Å²) < 4.78 is 5.66. The summed E-state index contributed by atoms with van der Waals surface area (Å²) in [6.45, 7) is 9.07. The minimum atomic E-state index is -0.0428. The Balaban J connectivity index is 1.45. The molecular weight excluding hydrogens is 390 g/mol. The fraction of sp³-hybridized carbons (Fsp3) is 0.680. The second-order valence-electron chi connectivity index (χ2n) is 9.00. The van der Waals surface area contributed by atoms with Crippen LogP contribution in [0, 0.1) is 6.92 Å². The lowest BCUT2D eigenvalue weighted by Crippen LogP contribution is -2.46. The molecule has 172 valence electrons. The fourth-order valence-corrected chi connectivity index (χ4v) is 4.77. The topological polar surface area (TPSA) is 61.9 Å². The number of nitrogens with one attached hydrogen (secondary N) is 1. The predicted molar refractivity (Wildman–Crippen MR) is 125 cm³/mol. The summed E-state index contributed by atoms with van der Waals surface area (Å²) in [5, 5.41) is 3.04. The highest BCUT2D eigenvalue weighted by molar-refractivity contribution is 5.97. The number of carbonyl (C=O) groups is 2. The quantitative estimate of drug-likeness (QED) is 0.643. The number of anilines is 1. The first-order chi connectivity index (χ1) is 15.0. The van der Waals surface area contributed by atoms with E-state index in [1.54, 1.807) is 4.90 Å². The van der Waals surface area contributed by atoms with Gasteiger partial charge in [0.15, 0.2) is 0 Å². The number of fused-ring (bicyclic) bond motifs is 1. The number of amides is 2. The monoisotopic (exact) mass is 429 g/mol. The predicted octanol–water partition coefficient (Wildman–Crippen LogP) is 4.05. The molecule has 1 N–H and O–H groups in total. The van der Waals surface area contributed by atoms with Crippen LogP contribution in [0.4, 0.5) is 5.69 Å². The summed E-state index contributed by atoms with van der Waals surface area (Å²) in [5.74, 6) is 0.676. The van der Waals surface area contributed by atoms with Gasteiger partial charge in [-0.15, -0.1) is 0 Å². The van der Waals surface area contributed by atoms with Crippen molar-refractivity contribution in [1.29, 1.82) is 0 Å². The van der Waals surface area contributed by atoms with Gasteiger partial charge in [-0.1, -0.05) is 32.3 Å². The molecule has 0 radical (unpaired) electrons. The van der Waals surface area contributed by atoms with Crippen molar-refractivity contribution in [2.75, 3.05) is 31.1 Å². The van der Waals surface area contributed by atoms with E-state index in [1.165, 1.54) is 32.1 Å². The van der Waals surface area contributed by atoms with Crippen molar-refractivity contribution < 1.29 is 14.3 Å². The lowest BCUT2D eigenvalue weighted by Gasteiger charge is -2.38. The average Bonchev–Trinajstić information content (AvgIpc) is 2.80. The smallest absolute Gasteiger partial charge is 0.227 e. The van der Waals surface area contributed by atoms with E-state index in [2.05, 4.69) is 24.1 Å². The van der Waals surface area contributed by atoms with Crippen LogP contribution in [0.2, 0.25) is 0 Å². The molecule has 1 saturated carbocycles. The lowest BCUT2D eigenvalue weighted by atomic mass is 9.93. The molecule has 1 aliphatic heterocycles. The molecule has 6 heteroatoms. The molecule has 6 nitrogen and oxygen atoms in total. The molecule has 1 aliphatic carbocycles. The summed E-state index contributed by atoms with van der Waals surface area (Å²) in [6, 6.07) is 7.04. The Hall–Kier alpha value is -2.08. The zero-order chi connectivity index (χ0) is 22.2. The van der Waals surface area contributed by atoms with Gasteiger partial charge in [-0.25, -0.2) is 0 Å². The molecular formula is C25H39N3O3. The molecule has 0 spiro atoms. The molecule has 0 saturated heterocycles. The van der Waals surface area contributed by atoms with Crippen molar-refractivity contribution in [2.45, 2.75) is 84.2 Å². The van der Waals surface area contributed by atoms with Crippen molar-refractivity contribution in [3.8, 4) is 5.75 Å². The van der Waals surface area contributed by atoms with E-state index in [0.29, 0.717) is 31.8 Å². The molecule has 1 atom stereocenters. The van der Waals surface area contributed by atoms with Crippen LogP contribution >= 0.6 is 0 Å². The first-order valence-corrected chi connectivity index (χ1v) is 12.1. The SMILES string of the molecule is CC[C@@H](C)N(CCNC(=O)CCC(=O)N1CCOc2ccc(C)cc21)C1CCCCC1. The highest BCUT2D eigenvalue weighted by atomic mass is 16.5. The van der Waals surface area contributed by atoms with Gasteiger partial charge >= 0.3 is 0 Å². The molecule has 2 amide bonds. The lowest BCUT2D eigenvalue weighted by molar-refractivity contribution is -0.125. The van der Waals surface area contributed by atoms with Gasteiger partial charge < -0.3 is 15.0 Å².